The van der Waals surface area contributed by atoms with Crippen molar-refractivity contribution < 1.29 is 10.2 Å². The van der Waals surface area contributed by atoms with Gasteiger partial charge in [0.15, 0.2) is 0 Å². The fraction of sp³-hybridized carbons (Fsp3) is 0.333. The Labute approximate surface area is 99.2 Å². The standard InChI is InChI=1S/C9H11Br2NO2/c10-6-1-5(2-7(11)3-6)9(14)8(12)4-13/h1-3,8-9,13-14H,4,12H2. The summed E-state index contributed by atoms with van der Waals surface area (Å²) in [5, 5.41) is 18.5. The molecule has 14 heavy (non-hydrogen) atoms. The van der Waals surface area contributed by atoms with Gasteiger partial charge in [-0.1, -0.05) is 31.9 Å². The molecule has 0 aliphatic heterocycles. The van der Waals surface area contributed by atoms with Crippen molar-refractivity contribution >= 4 is 31.9 Å². The minimum absolute atomic E-state index is 0.245. The Kier molecular flexibility index (Phi) is 4.53. The van der Waals surface area contributed by atoms with E-state index in [-0.39, 0.29) is 6.61 Å². The number of rotatable bonds is 3. The summed E-state index contributed by atoms with van der Waals surface area (Å²) < 4.78 is 1.71. The van der Waals surface area contributed by atoms with Crippen molar-refractivity contribution in [2.24, 2.45) is 5.73 Å². The maximum atomic E-state index is 9.71. The highest BCUT2D eigenvalue weighted by Gasteiger charge is 2.16. The molecule has 0 radical (unpaired) electrons. The molecule has 2 unspecified atom stereocenters. The Morgan fingerprint density at radius 1 is 1.21 bits per heavy atom. The molecule has 1 rings (SSSR count). The first-order valence-corrected chi connectivity index (χ1v) is 5.63. The second-order valence-electron chi connectivity index (χ2n) is 2.99. The van der Waals surface area contributed by atoms with Gasteiger partial charge >= 0.3 is 0 Å². The molecule has 3 nitrogen and oxygen atoms in total. The smallest absolute Gasteiger partial charge is 0.0964 e. The lowest BCUT2D eigenvalue weighted by Gasteiger charge is -2.17. The largest absolute Gasteiger partial charge is 0.395 e. The molecule has 2 atom stereocenters. The van der Waals surface area contributed by atoms with E-state index in [0.29, 0.717) is 5.56 Å². The van der Waals surface area contributed by atoms with Crippen molar-refractivity contribution in [2.75, 3.05) is 6.61 Å². The second kappa shape index (κ2) is 5.23. The van der Waals surface area contributed by atoms with E-state index in [2.05, 4.69) is 31.9 Å². The van der Waals surface area contributed by atoms with Gasteiger partial charge in [0.05, 0.1) is 18.8 Å². The summed E-state index contributed by atoms with van der Waals surface area (Å²) in [6, 6.07) is 4.74. The van der Waals surface area contributed by atoms with Crippen LogP contribution in [-0.4, -0.2) is 22.9 Å². The highest BCUT2D eigenvalue weighted by molar-refractivity contribution is 9.11. The van der Waals surface area contributed by atoms with Crippen LogP contribution in [0.5, 0.6) is 0 Å². The van der Waals surface area contributed by atoms with E-state index >= 15 is 0 Å². The fourth-order valence-electron chi connectivity index (χ4n) is 1.09. The maximum absolute atomic E-state index is 9.71. The van der Waals surface area contributed by atoms with Gasteiger partial charge in [-0.25, -0.2) is 0 Å². The highest BCUT2D eigenvalue weighted by atomic mass is 79.9. The van der Waals surface area contributed by atoms with Gasteiger partial charge in [0.25, 0.3) is 0 Å². The van der Waals surface area contributed by atoms with Crippen LogP contribution < -0.4 is 5.73 Å². The zero-order valence-corrected chi connectivity index (χ0v) is 10.5. The number of aliphatic hydroxyl groups excluding tert-OH is 2. The van der Waals surface area contributed by atoms with E-state index in [1.807, 2.05) is 6.07 Å². The van der Waals surface area contributed by atoms with Gasteiger partial charge in [-0.2, -0.15) is 0 Å². The molecule has 0 saturated carbocycles. The summed E-state index contributed by atoms with van der Waals surface area (Å²) in [5.74, 6) is 0. The molecule has 0 aliphatic rings. The van der Waals surface area contributed by atoms with Crippen LogP contribution in [0, 0.1) is 0 Å². The van der Waals surface area contributed by atoms with Crippen LogP contribution in [0.15, 0.2) is 27.1 Å². The van der Waals surface area contributed by atoms with Crippen LogP contribution >= 0.6 is 31.9 Å². The normalized spacial score (nSPS) is 15.2. The third kappa shape index (κ3) is 3.03. The lowest BCUT2D eigenvalue weighted by molar-refractivity contribution is 0.109. The molecule has 78 valence electrons. The summed E-state index contributed by atoms with van der Waals surface area (Å²) in [6.07, 6.45) is -0.853. The molecular weight excluding hydrogens is 314 g/mol. The van der Waals surface area contributed by atoms with Crippen LogP contribution in [0.25, 0.3) is 0 Å². The lowest BCUT2D eigenvalue weighted by atomic mass is 10.0. The highest BCUT2D eigenvalue weighted by Crippen LogP contribution is 2.25. The first-order chi connectivity index (χ1) is 6.54. The number of hydrogen-bond acceptors (Lipinski definition) is 3. The number of hydrogen-bond donors (Lipinski definition) is 3. The molecule has 0 spiro atoms. The number of halogens is 2. The molecule has 0 saturated heterocycles. The van der Waals surface area contributed by atoms with Crippen molar-refractivity contribution in [3.63, 3.8) is 0 Å². The van der Waals surface area contributed by atoms with Crippen LogP contribution in [-0.2, 0) is 0 Å². The van der Waals surface area contributed by atoms with E-state index in [9.17, 15) is 5.11 Å². The second-order valence-corrected chi connectivity index (χ2v) is 4.83. The van der Waals surface area contributed by atoms with Crippen molar-refractivity contribution in [2.45, 2.75) is 12.1 Å². The van der Waals surface area contributed by atoms with E-state index in [1.165, 1.54) is 0 Å². The third-order valence-corrected chi connectivity index (χ3v) is 2.76. The molecule has 1 aromatic rings. The molecule has 0 fully saturated rings. The van der Waals surface area contributed by atoms with Crippen LogP contribution in [0.3, 0.4) is 0 Å². The Balaban J connectivity index is 2.94. The fourth-order valence-corrected chi connectivity index (χ4v) is 2.42. The van der Waals surface area contributed by atoms with Gasteiger partial charge in [-0.15, -0.1) is 0 Å². The Bertz CT molecular complexity index is 299. The molecule has 0 aliphatic carbocycles. The summed E-state index contributed by atoms with van der Waals surface area (Å²) >= 11 is 6.62. The van der Waals surface area contributed by atoms with Crippen LogP contribution in [0.1, 0.15) is 11.7 Å². The maximum Gasteiger partial charge on any atom is 0.0964 e. The number of benzene rings is 1. The van der Waals surface area contributed by atoms with Gasteiger partial charge in [0.1, 0.15) is 0 Å². The average Bonchev–Trinajstić information content (AvgIpc) is 2.14. The first-order valence-electron chi connectivity index (χ1n) is 4.05. The lowest BCUT2D eigenvalue weighted by Crippen LogP contribution is -2.31. The minimum atomic E-state index is -0.853. The number of aliphatic hydroxyl groups is 2. The topological polar surface area (TPSA) is 66.5 Å². The van der Waals surface area contributed by atoms with Gasteiger partial charge < -0.3 is 15.9 Å². The van der Waals surface area contributed by atoms with Crippen molar-refractivity contribution in [3.8, 4) is 0 Å². The third-order valence-electron chi connectivity index (χ3n) is 1.84. The van der Waals surface area contributed by atoms with Gasteiger partial charge in [-0.05, 0) is 23.8 Å². The first kappa shape index (κ1) is 12.1. The molecule has 0 bridgehead atoms. The van der Waals surface area contributed by atoms with Crippen molar-refractivity contribution in [1.29, 1.82) is 0 Å². The quantitative estimate of drug-likeness (QED) is 0.790. The Morgan fingerprint density at radius 2 is 1.71 bits per heavy atom. The monoisotopic (exact) mass is 323 g/mol. The zero-order chi connectivity index (χ0) is 10.7. The van der Waals surface area contributed by atoms with Gasteiger partial charge in [0, 0.05) is 8.95 Å². The van der Waals surface area contributed by atoms with Gasteiger partial charge in [0.2, 0.25) is 0 Å². The molecule has 0 amide bonds. The predicted molar refractivity (Wildman–Crippen MR) is 61.9 cm³/mol. The molecule has 5 heteroatoms. The summed E-state index contributed by atoms with van der Waals surface area (Å²) in [6.45, 7) is -0.245. The van der Waals surface area contributed by atoms with E-state index in [1.54, 1.807) is 12.1 Å². The zero-order valence-electron chi connectivity index (χ0n) is 7.32. The molecule has 1 aromatic carbocycles. The minimum Gasteiger partial charge on any atom is -0.395 e. The van der Waals surface area contributed by atoms with E-state index in [0.717, 1.165) is 8.95 Å². The average molecular weight is 325 g/mol. The predicted octanol–water partition coefficient (Wildman–Crippen LogP) is 1.56. The summed E-state index contributed by atoms with van der Waals surface area (Å²) in [4.78, 5) is 0. The van der Waals surface area contributed by atoms with Crippen LogP contribution in [0.2, 0.25) is 0 Å². The molecular formula is C9H11Br2NO2. The Hall–Kier alpha value is 0.0600. The summed E-state index contributed by atoms with van der Waals surface area (Å²) in [7, 11) is 0. The molecule has 0 heterocycles. The van der Waals surface area contributed by atoms with E-state index in [4.69, 9.17) is 10.8 Å². The SMILES string of the molecule is NC(CO)C(O)c1cc(Br)cc(Br)c1. The van der Waals surface area contributed by atoms with Gasteiger partial charge in [-0.3, -0.25) is 0 Å². The van der Waals surface area contributed by atoms with Crippen molar-refractivity contribution in [3.05, 3.63) is 32.7 Å². The van der Waals surface area contributed by atoms with Crippen LogP contribution in [0.4, 0.5) is 0 Å². The number of nitrogens with two attached hydrogens (primary N) is 1. The summed E-state index contributed by atoms with van der Waals surface area (Å²) in [5.41, 5.74) is 6.19. The van der Waals surface area contributed by atoms with E-state index < -0.39 is 12.1 Å². The van der Waals surface area contributed by atoms with Crippen molar-refractivity contribution in [1.82, 2.24) is 0 Å². The Morgan fingerprint density at radius 3 is 2.14 bits per heavy atom. The molecule has 0 aromatic heterocycles. The molecule has 4 N–H and O–H groups in total.